The van der Waals surface area contributed by atoms with Gasteiger partial charge in [-0.2, -0.15) is 4.98 Å². The summed E-state index contributed by atoms with van der Waals surface area (Å²) < 4.78 is 4.15. The van der Waals surface area contributed by atoms with Crippen molar-refractivity contribution in [3.05, 3.63) is 92.6 Å². The van der Waals surface area contributed by atoms with Crippen molar-refractivity contribution in [1.82, 2.24) is 18.7 Å². The van der Waals surface area contributed by atoms with Crippen molar-refractivity contribution in [2.45, 2.75) is 25.8 Å². The van der Waals surface area contributed by atoms with Gasteiger partial charge in [-0.25, -0.2) is 4.79 Å². The Morgan fingerprint density at radius 2 is 1.54 bits per heavy atom. The highest BCUT2D eigenvalue weighted by Crippen LogP contribution is 2.27. The van der Waals surface area contributed by atoms with Crippen LogP contribution in [0.4, 0.5) is 5.95 Å². The van der Waals surface area contributed by atoms with Crippen molar-refractivity contribution in [3.63, 3.8) is 0 Å². The molecular weight excluding hydrogens is 442 g/mol. The number of anilines is 1. The fraction of sp³-hybridized carbons (Fsp3) is 0.333. The molecule has 2 aromatic carbocycles. The molecule has 0 spiro atoms. The van der Waals surface area contributed by atoms with Gasteiger partial charge in [-0.15, -0.1) is 0 Å². The average molecular weight is 472 g/mol. The Balaban J connectivity index is 1.50. The van der Waals surface area contributed by atoms with Crippen molar-refractivity contribution in [2.75, 3.05) is 18.0 Å². The zero-order valence-corrected chi connectivity index (χ0v) is 20.1. The Morgan fingerprint density at radius 3 is 2.20 bits per heavy atom. The molecule has 0 unspecified atom stereocenters. The number of carbonyl (C=O) groups excluding carboxylic acids is 1. The lowest BCUT2D eigenvalue weighted by molar-refractivity contribution is 0.0973. The number of nitrogens with zero attached hydrogens (tertiary/aromatic N) is 5. The lowest BCUT2D eigenvalue weighted by atomic mass is 9.90. The second kappa shape index (κ2) is 9.37. The molecule has 0 radical (unpaired) electrons. The maximum Gasteiger partial charge on any atom is 0.332 e. The zero-order chi connectivity index (χ0) is 24.5. The van der Waals surface area contributed by atoms with Crippen molar-refractivity contribution < 1.29 is 4.79 Å². The summed E-state index contributed by atoms with van der Waals surface area (Å²) >= 11 is 0. The van der Waals surface area contributed by atoms with Crippen LogP contribution < -0.4 is 16.1 Å². The Morgan fingerprint density at radius 1 is 0.914 bits per heavy atom. The summed E-state index contributed by atoms with van der Waals surface area (Å²) in [6.07, 6.45) is 3.01. The second-order valence-electron chi connectivity index (χ2n) is 9.29. The molecule has 0 N–H and O–H groups in total. The van der Waals surface area contributed by atoms with E-state index in [4.69, 9.17) is 4.98 Å². The highest BCUT2D eigenvalue weighted by molar-refractivity contribution is 5.97. The van der Waals surface area contributed by atoms with Crippen LogP contribution in [-0.4, -0.2) is 37.6 Å². The molecule has 1 saturated heterocycles. The molecule has 8 nitrogen and oxygen atoms in total. The van der Waals surface area contributed by atoms with E-state index in [0.29, 0.717) is 23.1 Å². The summed E-state index contributed by atoms with van der Waals surface area (Å²) in [6.45, 7) is 1.52. The molecule has 8 heteroatoms. The molecule has 35 heavy (non-hydrogen) atoms. The van der Waals surface area contributed by atoms with Crippen LogP contribution >= 0.6 is 0 Å². The minimum absolute atomic E-state index is 0.0206. The van der Waals surface area contributed by atoms with Crippen LogP contribution in [0.25, 0.3) is 11.2 Å². The first-order chi connectivity index (χ1) is 16.9. The molecule has 1 fully saturated rings. The van der Waals surface area contributed by atoms with E-state index >= 15 is 0 Å². The number of aryl methyl sites for hydroxylation is 1. The lowest BCUT2D eigenvalue weighted by Gasteiger charge is -2.33. The van der Waals surface area contributed by atoms with E-state index in [1.54, 1.807) is 23.7 Å². The molecule has 3 heterocycles. The molecule has 180 valence electrons. The molecule has 4 aromatic rings. The van der Waals surface area contributed by atoms with Crippen molar-refractivity contribution in [1.29, 1.82) is 0 Å². The molecule has 1 aliphatic heterocycles. The molecule has 0 aliphatic carbocycles. The highest BCUT2D eigenvalue weighted by atomic mass is 16.2. The van der Waals surface area contributed by atoms with E-state index in [1.807, 2.05) is 24.3 Å². The largest absolute Gasteiger partial charge is 0.342 e. The van der Waals surface area contributed by atoms with E-state index in [2.05, 4.69) is 29.2 Å². The van der Waals surface area contributed by atoms with Crippen LogP contribution in [0.5, 0.6) is 0 Å². The summed E-state index contributed by atoms with van der Waals surface area (Å²) in [4.78, 5) is 45.7. The van der Waals surface area contributed by atoms with Gasteiger partial charge >= 0.3 is 5.69 Å². The van der Waals surface area contributed by atoms with Crippen LogP contribution in [0.2, 0.25) is 0 Å². The Kier molecular flexibility index (Phi) is 6.11. The van der Waals surface area contributed by atoms with Gasteiger partial charge in [0, 0.05) is 32.7 Å². The third-order valence-electron chi connectivity index (χ3n) is 6.99. The van der Waals surface area contributed by atoms with Gasteiger partial charge in [-0.3, -0.25) is 23.3 Å². The number of aromatic nitrogens is 4. The number of fused-ring (bicyclic) bond motifs is 1. The first-order valence-electron chi connectivity index (χ1n) is 12.0. The number of hydrogen-bond acceptors (Lipinski definition) is 5. The predicted octanol–water partition coefficient (Wildman–Crippen LogP) is 2.78. The zero-order valence-electron chi connectivity index (χ0n) is 20.1. The monoisotopic (exact) mass is 471 g/mol. The van der Waals surface area contributed by atoms with Gasteiger partial charge in [0.1, 0.15) is 0 Å². The molecule has 5 rings (SSSR count). The van der Waals surface area contributed by atoms with Gasteiger partial charge in [0.05, 0.1) is 6.54 Å². The van der Waals surface area contributed by atoms with Crippen LogP contribution in [0.1, 0.15) is 28.8 Å². The van der Waals surface area contributed by atoms with Crippen molar-refractivity contribution in [2.24, 2.45) is 20.0 Å². The number of piperidine rings is 1. The van der Waals surface area contributed by atoms with Gasteiger partial charge in [0.15, 0.2) is 16.9 Å². The summed E-state index contributed by atoms with van der Waals surface area (Å²) in [5.74, 6) is 1.02. The van der Waals surface area contributed by atoms with E-state index in [-0.39, 0.29) is 17.8 Å². The number of Topliss-reactive ketones (excluding diaryl/α,β-unsaturated/α-hetero) is 1. The number of ketones is 1. The van der Waals surface area contributed by atoms with Crippen LogP contribution in [0.15, 0.2) is 70.3 Å². The molecule has 0 saturated carbocycles. The van der Waals surface area contributed by atoms with Crippen LogP contribution in [0.3, 0.4) is 0 Å². The number of carbonyl (C=O) groups is 1. The molecule has 0 atom stereocenters. The first kappa shape index (κ1) is 22.8. The van der Waals surface area contributed by atoms with Crippen molar-refractivity contribution in [3.8, 4) is 0 Å². The van der Waals surface area contributed by atoms with Gasteiger partial charge in [0.25, 0.3) is 5.56 Å². The third-order valence-corrected chi connectivity index (χ3v) is 6.99. The number of benzene rings is 2. The fourth-order valence-corrected chi connectivity index (χ4v) is 4.97. The quantitative estimate of drug-likeness (QED) is 0.404. The first-order valence-corrected chi connectivity index (χ1v) is 12.0. The standard InChI is InChI=1S/C27H29N5O3/c1-29-24-23(25(34)30(2)27(29)35)32(18-22(33)21-11-7-4-8-12-21)26(28-24)31-15-13-20(14-16-31)17-19-9-5-3-6-10-19/h3-12,20H,13-18H2,1-2H3. The summed E-state index contributed by atoms with van der Waals surface area (Å²) in [5.41, 5.74) is 1.62. The SMILES string of the molecule is Cn1c(=O)c2c(nc(N3CCC(Cc4ccccc4)CC3)n2CC(=O)c2ccccc2)n(C)c1=O. The Bertz CT molecular complexity index is 1480. The smallest absolute Gasteiger partial charge is 0.332 e. The molecular formula is C27H29N5O3. The summed E-state index contributed by atoms with van der Waals surface area (Å²) in [7, 11) is 3.06. The number of imidazole rings is 1. The minimum atomic E-state index is -0.443. The summed E-state index contributed by atoms with van der Waals surface area (Å²) in [6, 6.07) is 19.5. The molecule has 2 aromatic heterocycles. The number of rotatable bonds is 6. The second-order valence-corrected chi connectivity index (χ2v) is 9.29. The molecule has 1 aliphatic rings. The van der Waals surface area contributed by atoms with E-state index < -0.39 is 11.2 Å². The molecule has 0 amide bonds. The lowest BCUT2D eigenvalue weighted by Crippen LogP contribution is -2.38. The summed E-state index contributed by atoms with van der Waals surface area (Å²) in [5, 5.41) is 0. The van der Waals surface area contributed by atoms with Gasteiger partial charge in [-0.05, 0) is 30.7 Å². The fourth-order valence-electron chi connectivity index (χ4n) is 4.97. The van der Waals surface area contributed by atoms with Gasteiger partial charge in [0.2, 0.25) is 5.95 Å². The predicted molar refractivity (Wildman–Crippen MR) is 136 cm³/mol. The maximum atomic E-state index is 13.2. The topological polar surface area (TPSA) is 82.1 Å². The van der Waals surface area contributed by atoms with Crippen molar-refractivity contribution >= 4 is 22.9 Å². The normalized spacial score (nSPS) is 14.5. The van der Waals surface area contributed by atoms with Gasteiger partial charge < -0.3 is 4.90 Å². The average Bonchev–Trinajstić information content (AvgIpc) is 3.27. The highest BCUT2D eigenvalue weighted by Gasteiger charge is 2.27. The van der Waals surface area contributed by atoms with E-state index in [0.717, 1.165) is 36.9 Å². The van der Waals surface area contributed by atoms with Gasteiger partial charge in [-0.1, -0.05) is 60.7 Å². The Labute approximate surface area is 203 Å². The van der Waals surface area contributed by atoms with Crippen LogP contribution in [0, 0.1) is 5.92 Å². The van der Waals surface area contributed by atoms with E-state index in [1.165, 1.54) is 17.2 Å². The number of hydrogen-bond donors (Lipinski definition) is 0. The van der Waals surface area contributed by atoms with E-state index in [9.17, 15) is 14.4 Å². The third kappa shape index (κ3) is 4.32. The molecule has 0 bridgehead atoms. The Hall–Kier alpha value is -3.94. The maximum absolute atomic E-state index is 13.2. The minimum Gasteiger partial charge on any atom is -0.342 e. The van der Waals surface area contributed by atoms with Crippen LogP contribution in [-0.2, 0) is 27.1 Å².